The van der Waals surface area contributed by atoms with Gasteiger partial charge in [0.25, 0.3) is 0 Å². The van der Waals surface area contributed by atoms with Crippen LogP contribution in [0.3, 0.4) is 0 Å². The van der Waals surface area contributed by atoms with Crippen molar-refractivity contribution >= 4 is 5.97 Å². The van der Waals surface area contributed by atoms with Crippen molar-refractivity contribution in [2.75, 3.05) is 0 Å². The van der Waals surface area contributed by atoms with Crippen molar-refractivity contribution in [3.05, 3.63) is 35.6 Å². The molecule has 4 N–H and O–H groups in total. The zero-order valence-electron chi connectivity index (χ0n) is 16.3. The van der Waals surface area contributed by atoms with Crippen LogP contribution in [0.4, 0.5) is 4.39 Å². The minimum absolute atomic E-state index is 0.00450. The molecule has 2 unspecified atom stereocenters. The summed E-state index contributed by atoms with van der Waals surface area (Å²) >= 11 is 0. The molecule has 5 atom stereocenters. The number of aliphatic hydroxyl groups excluding tert-OH is 3. The minimum atomic E-state index is -0.775. The Hall–Kier alpha value is -1.50. The van der Waals surface area contributed by atoms with Crippen LogP contribution in [0.25, 0.3) is 0 Å². The third kappa shape index (κ3) is 7.15. The Morgan fingerprint density at radius 2 is 1.68 bits per heavy atom. The van der Waals surface area contributed by atoms with Gasteiger partial charge < -0.3 is 20.4 Å². The zero-order chi connectivity index (χ0) is 20.5. The van der Waals surface area contributed by atoms with E-state index in [0.717, 1.165) is 25.7 Å². The van der Waals surface area contributed by atoms with E-state index in [1.807, 2.05) is 0 Å². The van der Waals surface area contributed by atoms with E-state index in [1.54, 1.807) is 18.2 Å². The maximum Gasteiger partial charge on any atom is 0.303 e. The largest absolute Gasteiger partial charge is 0.481 e. The van der Waals surface area contributed by atoms with Gasteiger partial charge in [-0.05, 0) is 55.6 Å². The molecule has 2 rings (SSSR count). The predicted molar refractivity (Wildman–Crippen MR) is 104 cm³/mol. The van der Waals surface area contributed by atoms with Gasteiger partial charge in [-0.1, -0.05) is 37.5 Å². The van der Waals surface area contributed by atoms with E-state index in [0.29, 0.717) is 31.2 Å². The summed E-state index contributed by atoms with van der Waals surface area (Å²) in [5, 5.41) is 39.5. The number of halogens is 1. The molecule has 28 heavy (non-hydrogen) atoms. The number of aliphatic carboxylic acids is 1. The highest BCUT2D eigenvalue weighted by atomic mass is 19.1. The zero-order valence-corrected chi connectivity index (χ0v) is 16.3. The first kappa shape index (κ1) is 22.8. The number of carbonyl (C=O) groups is 1. The second kappa shape index (κ2) is 11.5. The fourth-order valence-corrected chi connectivity index (χ4v) is 4.40. The maximum atomic E-state index is 13.7. The van der Waals surface area contributed by atoms with Crippen molar-refractivity contribution < 1.29 is 29.6 Å². The van der Waals surface area contributed by atoms with Crippen LogP contribution in [0, 0.1) is 17.7 Å². The molecular formula is C22H33FO5. The molecule has 0 aromatic heterocycles. The Kier molecular flexibility index (Phi) is 9.35. The van der Waals surface area contributed by atoms with Crippen LogP contribution in [0.2, 0.25) is 0 Å². The van der Waals surface area contributed by atoms with Crippen molar-refractivity contribution in [2.45, 2.75) is 82.5 Å². The fourth-order valence-electron chi connectivity index (χ4n) is 4.40. The van der Waals surface area contributed by atoms with E-state index in [1.165, 1.54) is 6.07 Å². The van der Waals surface area contributed by atoms with Gasteiger partial charge >= 0.3 is 5.97 Å². The molecular weight excluding hydrogens is 363 g/mol. The molecule has 0 radical (unpaired) electrons. The highest BCUT2D eigenvalue weighted by Gasteiger charge is 2.40. The number of carboxylic acid groups (broad SMARTS) is 1. The summed E-state index contributed by atoms with van der Waals surface area (Å²) in [5.41, 5.74) is 0.486. The number of unbranched alkanes of at least 4 members (excludes halogenated alkanes) is 3. The molecule has 0 aliphatic heterocycles. The van der Waals surface area contributed by atoms with Gasteiger partial charge in [0, 0.05) is 12.8 Å². The molecule has 158 valence electrons. The second-order valence-electron chi connectivity index (χ2n) is 8.07. The first-order chi connectivity index (χ1) is 13.4. The fraction of sp³-hybridized carbons (Fsp3) is 0.682. The van der Waals surface area contributed by atoms with Crippen LogP contribution in [-0.4, -0.2) is 44.7 Å². The number of hydrogen-bond acceptors (Lipinski definition) is 4. The normalized spacial score (nSPS) is 25.7. The molecule has 0 heterocycles. The van der Waals surface area contributed by atoms with Gasteiger partial charge in [-0.25, -0.2) is 4.39 Å². The van der Waals surface area contributed by atoms with Gasteiger partial charge in [-0.2, -0.15) is 0 Å². The van der Waals surface area contributed by atoms with Crippen molar-refractivity contribution in [3.8, 4) is 0 Å². The van der Waals surface area contributed by atoms with Crippen molar-refractivity contribution in [2.24, 2.45) is 11.8 Å². The molecule has 0 bridgehead atoms. The van der Waals surface area contributed by atoms with Crippen LogP contribution >= 0.6 is 0 Å². The summed E-state index contributed by atoms with van der Waals surface area (Å²) in [5.74, 6) is -1.17. The lowest BCUT2D eigenvalue weighted by molar-refractivity contribution is -0.137. The molecule has 0 amide bonds. The van der Waals surface area contributed by atoms with Crippen LogP contribution in [0.1, 0.15) is 63.4 Å². The van der Waals surface area contributed by atoms with Crippen LogP contribution in [0.15, 0.2) is 24.3 Å². The van der Waals surface area contributed by atoms with Crippen molar-refractivity contribution in [1.82, 2.24) is 0 Å². The van der Waals surface area contributed by atoms with Crippen LogP contribution in [-0.2, 0) is 11.2 Å². The lowest BCUT2D eigenvalue weighted by Gasteiger charge is -2.24. The van der Waals surface area contributed by atoms with Crippen molar-refractivity contribution in [1.29, 1.82) is 0 Å². The van der Waals surface area contributed by atoms with Gasteiger partial charge in [-0.3, -0.25) is 4.79 Å². The Balaban J connectivity index is 1.76. The molecule has 1 aliphatic rings. The second-order valence-corrected chi connectivity index (χ2v) is 8.07. The number of rotatable bonds is 12. The van der Waals surface area contributed by atoms with Crippen LogP contribution < -0.4 is 0 Å². The summed E-state index contributed by atoms with van der Waals surface area (Å²) < 4.78 is 13.7. The maximum absolute atomic E-state index is 13.7. The lowest BCUT2D eigenvalue weighted by Crippen LogP contribution is -2.24. The monoisotopic (exact) mass is 396 g/mol. The Bertz CT molecular complexity index is 608. The summed E-state index contributed by atoms with van der Waals surface area (Å²) in [6.07, 6.45) is 4.15. The molecule has 5 nitrogen and oxygen atoms in total. The van der Waals surface area contributed by atoms with Gasteiger partial charge in [0.05, 0.1) is 18.3 Å². The van der Waals surface area contributed by atoms with E-state index >= 15 is 0 Å². The summed E-state index contributed by atoms with van der Waals surface area (Å²) in [6, 6.07) is 6.41. The van der Waals surface area contributed by atoms with E-state index in [-0.39, 0.29) is 30.5 Å². The Morgan fingerprint density at radius 1 is 1.04 bits per heavy atom. The molecule has 0 spiro atoms. The Morgan fingerprint density at radius 3 is 2.36 bits per heavy atom. The average Bonchev–Trinajstić information content (AvgIpc) is 2.91. The van der Waals surface area contributed by atoms with Gasteiger partial charge in [-0.15, -0.1) is 0 Å². The summed E-state index contributed by atoms with van der Waals surface area (Å²) in [7, 11) is 0. The van der Waals surface area contributed by atoms with Crippen molar-refractivity contribution in [3.63, 3.8) is 0 Å². The topological polar surface area (TPSA) is 98.0 Å². The summed E-state index contributed by atoms with van der Waals surface area (Å²) in [4.78, 5) is 10.5. The standard InChI is InChI=1S/C22H33FO5/c23-19-9-6-5-7-15(19)13-16(24)11-12-18-17(20(25)14-21(18)26)8-3-1-2-4-10-22(27)28/h5-7,9,16-18,20-21,24-26H,1-4,8,10-14H2,(H,27,28)/t16?,17-,18?,20+,21-/m1/s1. The smallest absolute Gasteiger partial charge is 0.303 e. The van der Waals surface area contributed by atoms with Gasteiger partial charge in [0.1, 0.15) is 5.82 Å². The molecule has 1 fully saturated rings. The third-order valence-corrected chi connectivity index (χ3v) is 5.95. The summed E-state index contributed by atoms with van der Waals surface area (Å²) in [6.45, 7) is 0. The predicted octanol–water partition coefficient (Wildman–Crippen LogP) is 3.29. The molecule has 0 saturated heterocycles. The number of aliphatic hydroxyl groups is 3. The molecule has 1 aliphatic carbocycles. The SMILES string of the molecule is O=C(O)CCCCCC[C@@H]1C(CCC(O)Cc2ccccc2F)[C@H](O)C[C@@H]1O. The lowest BCUT2D eigenvalue weighted by atomic mass is 9.84. The molecule has 1 saturated carbocycles. The van der Waals surface area contributed by atoms with Gasteiger partial charge in [0.15, 0.2) is 0 Å². The first-order valence-electron chi connectivity index (χ1n) is 10.4. The molecule has 6 heteroatoms. The molecule has 1 aromatic carbocycles. The molecule has 1 aromatic rings. The highest BCUT2D eigenvalue weighted by Crippen LogP contribution is 2.39. The third-order valence-electron chi connectivity index (χ3n) is 5.95. The van der Waals surface area contributed by atoms with E-state index in [9.17, 15) is 24.5 Å². The Labute approximate surface area is 166 Å². The average molecular weight is 396 g/mol. The van der Waals surface area contributed by atoms with E-state index < -0.39 is 24.3 Å². The first-order valence-corrected chi connectivity index (χ1v) is 10.4. The number of hydrogen-bond donors (Lipinski definition) is 4. The number of benzene rings is 1. The van der Waals surface area contributed by atoms with E-state index in [4.69, 9.17) is 5.11 Å². The van der Waals surface area contributed by atoms with Gasteiger partial charge in [0.2, 0.25) is 0 Å². The highest BCUT2D eigenvalue weighted by molar-refractivity contribution is 5.66. The minimum Gasteiger partial charge on any atom is -0.481 e. The number of carboxylic acids is 1. The quantitative estimate of drug-likeness (QED) is 0.407. The van der Waals surface area contributed by atoms with Crippen LogP contribution in [0.5, 0.6) is 0 Å². The van der Waals surface area contributed by atoms with E-state index in [2.05, 4.69) is 0 Å².